The van der Waals surface area contributed by atoms with Gasteiger partial charge in [0, 0.05) is 25.2 Å². The molecule has 1 saturated carbocycles. The number of hydrogen-bond donors (Lipinski definition) is 3. The second-order valence-electron chi connectivity index (χ2n) is 7.58. The maximum Gasteiger partial charge on any atom is 0.421 e. The summed E-state index contributed by atoms with van der Waals surface area (Å²) >= 11 is 0. The van der Waals surface area contributed by atoms with E-state index in [2.05, 4.69) is 31.0 Å². The summed E-state index contributed by atoms with van der Waals surface area (Å²) < 4.78 is 41.3. The summed E-state index contributed by atoms with van der Waals surface area (Å²) in [4.78, 5) is 19.6. The Balaban J connectivity index is 1.65. The van der Waals surface area contributed by atoms with E-state index in [1.165, 1.54) is 0 Å². The van der Waals surface area contributed by atoms with Crippen molar-refractivity contribution in [2.75, 3.05) is 17.2 Å². The van der Waals surface area contributed by atoms with E-state index >= 15 is 0 Å². The largest absolute Gasteiger partial charge is 0.421 e. The lowest BCUT2D eigenvalue weighted by atomic mass is 9.96. The number of nitrogens with one attached hydrogen (secondary N) is 3. The molecule has 1 atom stereocenters. The summed E-state index contributed by atoms with van der Waals surface area (Å²) in [7, 11) is 0. The molecule has 1 unspecified atom stereocenters. The maximum absolute atomic E-state index is 13.2. The van der Waals surface area contributed by atoms with Crippen molar-refractivity contribution in [3.05, 3.63) is 23.5 Å². The highest BCUT2D eigenvalue weighted by atomic mass is 19.4. The zero-order chi connectivity index (χ0) is 20.8. The van der Waals surface area contributed by atoms with Crippen LogP contribution in [0.4, 0.5) is 30.8 Å². The molecule has 0 spiro atoms. The Hall–Kier alpha value is -2.85. The van der Waals surface area contributed by atoms with Crippen LogP contribution in [0.25, 0.3) is 0 Å². The molecule has 2 aromatic heterocycles. The lowest BCUT2D eigenvalue weighted by Crippen LogP contribution is -2.36. The van der Waals surface area contributed by atoms with Crippen LogP contribution in [0.15, 0.2) is 12.3 Å². The Morgan fingerprint density at radius 2 is 2.14 bits per heavy atom. The number of hydrogen-bond acceptors (Lipinski definition) is 6. The van der Waals surface area contributed by atoms with Crippen LogP contribution >= 0.6 is 0 Å². The van der Waals surface area contributed by atoms with Crippen molar-refractivity contribution in [2.24, 2.45) is 0 Å². The second-order valence-corrected chi connectivity index (χ2v) is 7.58. The number of carbonyl (C=O) groups is 1. The number of carbonyl (C=O) groups excluding carboxylic acids is 1. The number of anilines is 3. The Labute approximate surface area is 165 Å². The Morgan fingerprint density at radius 3 is 2.72 bits per heavy atom. The molecule has 156 valence electrons. The van der Waals surface area contributed by atoms with E-state index in [0.717, 1.165) is 19.0 Å². The highest BCUT2D eigenvalue weighted by Crippen LogP contribution is 2.40. The average molecular weight is 409 g/mol. The average Bonchev–Trinajstić information content (AvgIpc) is 3.30. The third kappa shape index (κ3) is 3.85. The van der Waals surface area contributed by atoms with Crippen molar-refractivity contribution in [3.63, 3.8) is 0 Å². The predicted molar refractivity (Wildman–Crippen MR) is 99.7 cm³/mol. The van der Waals surface area contributed by atoms with E-state index in [-0.39, 0.29) is 23.7 Å². The molecule has 4 rings (SSSR count). The molecule has 11 heteroatoms. The fraction of sp³-hybridized carbons (Fsp3) is 0.556. The molecule has 1 amide bonds. The van der Waals surface area contributed by atoms with Gasteiger partial charge in [-0.25, -0.2) is 9.67 Å². The van der Waals surface area contributed by atoms with Gasteiger partial charge < -0.3 is 16.0 Å². The van der Waals surface area contributed by atoms with E-state index in [4.69, 9.17) is 0 Å². The molecule has 1 saturated heterocycles. The lowest BCUT2D eigenvalue weighted by molar-refractivity contribution is -0.137. The fourth-order valence-electron chi connectivity index (χ4n) is 3.41. The van der Waals surface area contributed by atoms with E-state index in [1.54, 1.807) is 17.7 Å². The van der Waals surface area contributed by atoms with Gasteiger partial charge in [-0.05, 0) is 33.1 Å². The monoisotopic (exact) mass is 409 g/mol. The zero-order valence-electron chi connectivity index (χ0n) is 16.1. The number of alkyl halides is 3. The predicted octanol–water partition coefficient (Wildman–Crippen LogP) is 3.33. The smallest absolute Gasteiger partial charge is 0.370 e. The highest BCUT2D eigenvalue weighted by molar-refractivity contribution is 5.79. The molecule has 1 aliphatic heterocycles. The second kappa shape index (κ2) is 6.89. The molecular weight excluding hydrogens is 387 g/mol. The topological polar surface area (TPSA) is 96.8 Å². The molecule has 29 heavy (non-hydrogen) atoms. The minimum Gasteiger partial charge on any atom is -0.370 e. The number of aromatic nitrogens is 4. The molecule has 0 radical (unpaired) electrons. The molecule has 8 nitrogen and oxygen atoms in total. The van der Waals surface area contributed by atoms with Gasteiger partial charge in [-0.3, -0.25) is 4.79 Å². The molecule has 2 aromatic rings. The van der Waals surface area contributed by atoms with E-state index < -0.39 is 17.3 Å². The van der Waals surface area contributed by atoms with E-state index in [0.29, 0.717) is 30.9 Å². The number of amides is 1. The van der Waals surface area contributed by atoms with Gasteiger partial charge in [-0.2, -0.15) is 23.3 Å². The van der Waals surface area contributed by atoms with Gasteiger partial charge in [0.1, 0.15) is 17.2 Å². The molecule has 3 heterocycles. The molecule has 2 fully saturated rings. The van der Waals surface area contributed by atoms with E-state index in [9.17, 15) is 18.0 Å². The summed E-state index contributed by atoms with van der Waals surface area (Å²) in [6, 6.07) is 2.02. The van der Waals surface area contributed by atoms with Gasteiger partial charge in [0.15, 0.2) is 0 Å². The summed E-state index contributed by atoms with van der Waals surface area (Å²) in [5, 5.41) is 13.3. The number of nitrogens with zero attached hydrogens (tertiary/aromatic N) is 4. The van der Waals surface area contributed by atoms with Crippen LogP contribution in [0.2, 0.25) is 0 Å². The first-order valence-corrected chi connectivity index (χ1v) is 9.56. The summed E-state index contributed by atoms with van der Waals surface area (Å²) in [6.07, 6.45) is -0.776. The minimum atomic E-state index is -4.55. The van der Waals surface area contributed by atoms with Gasteiger partial charge in [-0.1, -0.05) is 0 Å². The Bertz CT molecular complexity index is 938. The first-order valence-electron chi connectivity index (χ1n) is 9.56. The molecule has 3 N–H and O–H groups in total. The lowest BCUT2D eigenvalue weighted by Gasteiger charge is -2.20. The highest BCUT2D eigenvalue weighted by Gasteiger charge is 2.39. The zero-order valence-corrected chi connectivity index (χ0v) is 16.1. The molecule has 1 aliphatic carbocycles. The van der Waals surface area contributed by atoms with Crippen LogP contribution in [0.1, 0.15) is 56.8 Å². The van der Waals surface area contributed by atoms with Crippen molar-refractivity contribution in [1.29, 1.82) is 0 Å². The SMILES string of the molecule is CCNc1nc(Nc2cc(C3(C)CCC(=O)N3)nn2C2CC2)ncc1C(F)(F)F. The van der Waals surface area contributed by atoms with Crippen molar-refractivity contribution >= 4 is 23.5 Å². The van der Waals surface area contributed by atoms with E-state index in [1.807, 2.05) is 6.92 Å². The van der Waals surface area contributed by atoms with Crippen LogP contribution in [-0.4, -0.2) is 32.2 Å². The van der Waals surface area contributed by atoms with Gasteiger partial charge >= 0.3 is 6.18 Å². The summed E-state index contributed by atoms with van der Waals surface area (Å²) in [6.45, 7) is 3.90. The quantitative estimate of drug-likeness (QED) is 0.677. The molecule has 0 bridgehead atoms. The van der Waals surface area contributed by atoms with Gasteiger partial charge in [-0.15, -0.1) is 0 Å². The standard InChI is InChI=1S/C18H22F3N7O/c1-3-22-15-11(18(19,20)21)9-23-16(25-15)24-13-8-12(27-28(13)10-4-5-10)17(2)7-6-14(29)26-17/h8-10H,3-7H2,1-2H3,(H,26,29)(H2,22,23,24,25). The van der Waals surface area contributed by atoms with Crippen molar-refractivity contribution < 1.29 is 18.0 Å². The Morgan fingerprint density at radius 1 is 1.38 bits per heavy atom. The fourth-order valence-corrected chi connectivity index (χ4v) is 3.41. The van der Waals surface area contributed by atoms with Crippen LogP contribution in [0.5, 0.6) is 0 Å². The van der Waals surface area contributed by atoms with Gasteiger partial charge in [0.25, 0.3) is 0 Å². The number of rotatable bonds is 6. The summed E-state index contributed by atoms with van der Waals surface area (Å²) in [5.41, 5.74) is -0.775. The van der Waals surface area contributed by atoms with Gasteiger partial charge in [0.05, 0.1) is 17.3 Å². The number of halogens is 3. The summed E-state index contributed by atoms with van der Waals surface area (Å²) in [5.74, 6) is 0.338. The molecule has 2 aliphatic rings. The first-order chi connectivity index (χ1) is 13.7. The molecule has 0 aromatic carbocycles. The Kier molecular flexibility index (Phi) is 4.62. The maximum atomic E-state index is 13.2. The normalized spacial score (nSPS) is 21.9. The third-order valence-electron chi connectivity index (χ3n) is 5.14. The minimum absolute atomic E-state index is 0.0238. The van der Waals surface area contributed by atoms with Gasteiger partial charge in [0.2, 0.25) is 11.9 Å². The van der Waals surface area contributed by atoms with Crippen LogP contribution in [-0.2, 0) is 16.5 Å². The van der Waals surface area contributed by atoms with Crippen molar-refractivity contribution in [2.45, 2.75) is 57.3 Å². The van der Waals surface area contributed by atoms with Crippen LogP contribution < -0.4 is 16.0 Å². The van der Waals surface area contributed by atoms with Crippen molar-refractivity contribution in [1.82, 2.24) is 25.1 Å². The van der Waals surface area contributed by atoms with Crippen LogP contribution in [0.3, 0.4) is 0 Å². The molecular formula is C18H22F3N7O. The van der Waals surface area contributed by atoms with Crippen LogP contribution in [0, 0.1) is 0 Å². The van der Waals surface area contributed by atoms with Crippen molar-refractivity contribution in [3.8, 4) is 0 Å². The first kappa shape index (κ1) is 19.5. The third-order valence-corrected chi connectivity index (χ3v) is 5.14.